The summed E-state index contributed by atoms with van der Waals surface area (Å²) < 4.78 is 0. The van der Waals surface area contributed by atoms with Crippen LogP contribution in [0.2, 0.25) is 5.02 Å². The second kappa shape index (κ2) is 9.70. The van der Waals surface area contributed by atoms with Crippen molar-refractivity contribution in [2.75, 3.05) is 20.1 Å². The summed E-state index contributed by atoms with van der Waals surface area (Å²) in [6, 6.07) is 8.93. The highest BCUT2D eigenvalue weighted by Crippen LogP contribution is 2.09. The average Bonchev–Trinajstić information content (AvgIpc) is 2.47. The van der Waals surface area contributed by atoms with E-state index in [0.29, 0.717) is 12.1 Å². The summed E-state index contributed by atoms with van der Waals surface area (Å²) >= 11 is 5.89. The van der Waals surface area contributed by atoms with E-state index in [0.717, 1.165) is 30.6 Å². The molecule has 0 saturated carbocycles. The van der Waals surface area contributed by atoms with E-state index in [1.165, 1.54) is 5.56 Å². The van der Waals surface area contributed by atoms with Gasteiger partial charge in [0, 0.05) is 43.8 Å². The number of benzene rings is 1. The molecule has 0 aliphatic carbocycles. The Hall–Kier alpha value is -1.26. The van der Waals surface area contributed by atoms with Gasteiger partial charge in [0.25, 0.3) is 0 Å². The maximum absolute atomic E-state index is 5.89. The molecule has 124 valence electrons. The molecule has 1 aromatic carbocycles. The lowest BCUT2D eigenvalue weighted by Crippen LogP contribution is -2.45. The van der Waals surface area contributed by atoms with E-state index in [1.807, 2.05) is 24.3 Å². The van der Waals surface area contributed by atoms with E-state index in [9.17, 15) is 0 Å². The molecule has 4 nitrogen and oxygen atoms in total. The predicted octanol–water partition coefficient (Wildman–Crippen LogP) is 3.12. The molecule has 5 heteroatoms. The Kier molecular flexibility index (Phi) is 8.28. The number of hydrogen-bond acceptors (Lipinski definition) is 2. The van der Waals surface area contributed by atoms with Crippen LogP contribution in [0.4, 0.5) is 0 Å². The molecule has 0 radical (unpaired) electrons. The van der Waals surface area contributed by atoms with Gasteiger partial charge in [-0.15, -0.1) is 0 Å². The number of aliphatic imine (C=N–C) groups is 1. The molecule has 0 bridgehead atoms. The minimum Gasteiger partial charge on any atom is -0.355 e. The van der Waals surface area contributed by atoms with Gasteiger partial charge in [0.1, 0.15) is 0 Å². The molecule has 0 heterocycles. The molecule has 1 aromatic rings. The van der Waals surface area contributed by atoms with Crippen molar-refractivity contribution in [3.05, 3.63) is 34.9 Å². The van der Waals surface area contributed by atoms with Crippen molar-refractivity contribution in [3.8, 4) is 0 Å². The van der Waals surface area contributed by atoms with Crippen LogP contribution in [0.1, 0.15) is 33.3 Å². The first kappa shape index (κ1) is 18.8. The van der Waals surface area contributed by atoms with Crippen molar-refractivity contribution < 1.29 is 0 Å². The lowest BCUT2D eigenvalue weighted by molar-refractivity contribution is 0.178. The second-order valence-electron chi connectivity index (χ2n) is 5.90. The summed E-state index contributed by atoms with van der Waals surface area (Å²) in [5, 5.41) is 7.44. The molecule has 0 unspecified atom stereocenters. The monoisotopic (exact) mass is 324 g/mol. The zero-order valence-electron chi connectivity index (χ0n) is 14.4. The van der Waals surface area contributed by atoms with E-state index < -0.39 is 0 Å². The molecular formula is C17H29ClN4. The summed E-state index contributed by atoms with van der Waals surface area (Å²) in [6.07, 6.45) is 0. The van der Waals surface area contributed by atoms with Gasteiger partial charge >= 0.3 is 0 Å². The lowest BCUT2D eigenvalue weighted by atomic mass is 10.2. The fraction of sp³-hybridized carbons (Fsp3) is 0.588. The van der Waals surface area contributed by atoms with Gasteiger partial charge in [0.15, 0.2) is 5.96 Å². The minimum atomic E-state index is 0.547. The quantitative estimate of drug-likeness (QED) is 0.598. The molecular weight excluding hydrogens is 296 g/mol. The van der Waals surface area contributed by atoms with E-state index >= 15 is 0 Å². The fourth-order valence-electron chi connectivity index (χ4n) is 2.42. The molecule has 0 aliphatic heterocycles. The molecule has 0 aliphatic rings. The van der Waals surface area contributed by atoms with Gasteiger partial charge in [-0.05, 0) is 45.4 Å². The van der Waals surface area contributed by atoms with Crippen LogP contribution in [0.25, 0.3) is 0 Å². The van der Waals surface area contributed by atoms with Crippen molar-refractivity contribution in [2.45, 2.75) is 46.3 Å². The summed E-state index contributed by atoms with van der Waals surface area (Å²) in [6.45, 7) is 11.5. The van der Waals surface area contributed by atoms with E-state index in [1.54, 1.807) is 7.05 Å². The number of hydrogen-bond donors (Lipinski definition) is 2. The number of nitrogens with one attached hydrogen (secondary N) is 2. The van der Waals surface area contributed by atoms with E-state index in [2.05, 4.69) is 48.2 Å². The number of guanidine groups is 1. The highest BCUT2D eigenvalue weighted by atomic mass is 35.5. The first-order chi connectivity index (χ1) is 10.4. The Bertz CT molecular complexity index is 446. The van der Waals surface area contributed by atoms with Crippen LogP contribution in [0, 0.1) is 0 Å². The molecule has 2 N–H and O–H groups in total. The van der Waals surface area contributed by atoms with Gasteiger partial charge in [-0.3, -0.25) is 9.89 Å². The molecule has 22 heavy (non-hydrogen) atoms. The molecule has 0 aromatic heterocycles. The van der Waals surface area contributed by atoms with Crippen molar-refractivity contribution in [1.29, 1.82) is 0 Å². The zero-order chi connectivity index (χ0) is 16.5. The first-order valence-electron chi connectivity index (χ1n) is 7.88. The van der Waals surface area contributed by atoms with Crippen LogP contribution in [0.3, 0.4) is 0 Å². The largest absolute Gasteiger partial charge is 0.355 e. The van der Waals surface area contributed by atoms with Crippen LogP contribution in [-0.4, -0.2) is 43.1 Å². The van der Waals surface area contributed by atoms with Crippen molar-refractivity contribution in [3.63, 3.8) is 0 Å². The number of nitrogens with zero attached hydrogens (tertiary/aromatic N) is 2. The Morgan fingerprint density at radius 1 is 1.09 bits per heavy atom. The van der Waals surface area contributed by atoms with E-state index in [-0.39, 0.29) is 0 Å². The number of rotatable bonds is 7. The topological polar surface area (TPSA) is 39.7 Å². The van der Waals surface area contributed by atoms with Gasteiger partial charge in [-0.25, -0.2) is 0 Å². The van der Waals surface area contributed by atoms with Crippen LogP contribution < -0.4 is 10.6 Å². The highest BCUT2D eigenvalue weighted by molar-refractivity contribution is 6.30. The van der Waals surface area contributed by atoms with Crippen LogP contribution >= 0.6 is 11.6 Å². The van der Waals surface area contributed by atoms with Gasteiger partial charge in [0.2, 0.25) is 0 Å². The van der Waals surface area contributed by atoms with E-state index in [4.69, 9.17) is 11.6 Å². The third-order valence-corrected chi connectivity index (χ3v) is 3.84. The SMILES string of the molecule is CN=C(NCCN(C(C)C)C(C)C)NCc1ccc(Cl)cc1. The standard InChI is InChI=1S/C17H29ClN4/c1-13(2)22(14(3)4)11-10-20-17(19-5)21-12-15-6-8-16(18)9-7-15/h6-9,13-14H,10-12H2,1-5H3,(H2,19,20,21). The third-order valence-electron chi connectivity index (χ3n) is 3.59. The summed E-state index contributed by atoms with van der Waals surface area (Å²) in [5.74, 6) is 0.822. The second-order valence-corrected chi connectivity index (χ2v) is 6.34. The van der Waals surface area contributed by atoms with Gasteiger partial charge in [0.05, 0.1) is 0 Å². The molecule has 0 atom stereocenters. The zero-order valence-corrected chi connectivity index (χ0v) is 15.1. The molecule has 0 spiro atoms. The molecule has 0 fully saturated rings. The number of halogens is 1. The molecule has 1 rings (SSSR count). The first-order valence-corrected chi connectivity index (χ1v) is 8.26. The van der Waals surface area contributed by atoms with Crippen molar-refractivity contribution in [1.82, 2.24) is 15.5 Å². The Balaban J connectivity index is 2.38. The minimum absolute atomic E-state index is 0.547. The fourth-order valence-corrected chi connectivity index (χ4v) is 2.55. The smallest absolute Gasteiger partial charge is 0.191 e. The average molecular weight is 325 g/mol. The predicted molar refractivity (Wildman–Crippen MR) is 96.6 cm³/mol. The maximum Gasteiger partial charge on any atom is 0.191 e. The summed E-state index contributed by atoms with van der Waals surface area (Å²) in [4.78, 5) is 6.71. The van der Waals surface area contributed by atoms with Crippen LogP contribution in [0.5, 0.6) is 0 Å². The molecule has 0 amide bonds. The molecule has 0 saturated heterocycles. The highest BCUT2D eigenvalue weighted by Gasteiger charge is 2.12. The third kappa shape index (κ3) is 6.67. The Morgan fingerprint density at radius 3 is 2.18 bits per heavy atom. The normalized spacial score (nSPS) is 12.3. The van der Waals surface area contributed by atoms with Gasteiger partial charge in [-0.1, -0.05) is 23.7 Å². The Morgan fingerprint density at radius 2 is 1.68 bits per heavy atom. The lowest BCUT2D eigenvalue weighted by Gasteiger charge is -2.30. The van der Waals surface area contributed by atoms with Crippen molar-refractivity contribution in [2.24, 2.45) is 4.99 Å². The van der Waals surface area contributed by atoms with Crippen LogP contribution in [0.15, 0.2) is 29.3 Å². The Labute approximate surface area is 140 Å². The maximum atomic E-state index is 5.89. The van der Waals surface area contributed by atoms with Crippen LogP contribution in [-0.2, 0) is 6.54 Å². The van der Waals surface area contributed by atoms with Gasteiger partial charge < -0.3 is 10.6 Å². The van der Waals surface area contributed by atoms with Gasteiger partial charge in [-0.2, -0.15) is 0 Å². The summed E-state index contributed by atoms with van der Waals surface area (Å²) in [5.41, 5.74) is 1.18. The summed E-state index contributed by atoms with van der Waals surface area (Å²) in [7, 11) is 1.79. The van der Waals surface area contributed by atoms with Crippen molar-refractivity contribution >= 4 is 17.6 Å².